The van der Waals surface area contributed by atoms with Crippen LogP contribution in [0.3, 0.4) is 0 Å². The van der Waals surface area contributed by atoms with E-state index in [0.29, 0.717) is 35.4 Å². The molecule has 1 aromatic heterocycles. The second-order valence-electron chi connectivity index (χ2n) is 10.9. The van der Waals surface area contributed by atoms with Crippen molar-refractivity contribution < 1.29 is 19.4 Å². The van der Waals surface area contributed by atoms with E-state index in [1.165, 1.54) is 16.9 Å². The molecule has 0 aliphatic carbocycles. The van der Waals surface area contributed by atoms with Gasteiger partial charge in [-0.3, -0.25) is 19.8 Å². The normalized spacial score (nSPS) is 18.0. The quantitative estimate of drug-likeness (QED) is 0.332. The van der Waals surface area contributed by atoms with Gasteiger partial charge in [0.15, 0.2) is 5.13 Å². The first-order valence-electron chi connectivity index (χ1n) is 14.7. The fourth-order valence-electron chi connectivity index (χ4n) is 6.00. The Labute approximate surface area is 246 Å². The summed E-state index contributed by atoms with van der Waals surface area (Å²) in [7, 11) is 1.65. The Balaban J connectivity index is 1.18. The van der Waals surface area contributed by atoms with E-state index in [2.05, 4.69) is 34.3 Å². The molecular weight excluding hydrogens is 536 g/mol. The van der Waals surface area contributed by atoms with Crippen molar-refractivity contribution in [2.45, 2.75) is 64.0 Å². The van der Waals surface area contributed by atoms with Crippen molar-refractivity contribution in [3.63, 3.8) is 0 Å². The zero-order valence-electron chi connectivity index (χ0n) is 24.0. The van der Waals surface area contributed by atoms with Crippen LogP contribution in [0.4, 0.5) is 5.13 Å². The van der Waals surface area contributed by atoms with Crippen LogP contribution in [0.5, 0.6) is 5.75 Å². The topological polar surface area (TPSA) is 95.0 Å². The third-order valence-corrected chi connectivity index (χ3v) is 9.09. The van der Waals surface area contributed by atoms with Crippen molar-refractivity contribution in [1.82, 2.24) is 14.8 Å². The predicted molar refractivity (Wildman–Crippen MR) is 163 cm³/mol. The smallest absolute Gasteiger partial charge is 0.257 e. The molecule has 0 bridgehead atoms. The second-order valence-corrected chi connectivity index (χ2v) is 11.8. The molecule has 0 unspecified atom stereocenters. The Morgan fingerprint density at radius 1 is 1.07 bits per heavy atom. The summed E-state index contributed by atoms with van der Waals surface area (Å²) in [6, 6.07) is 13.7. The molecule has 41 heavy (non-hydrogen) atoms. The van der Waals surface area contributed by atoms with E-state index in [1.807, 2.05) is 16.3 Å². The first kappa shape index (κ1) is 29.2. The van der Waals surface area contributed by atoms with Gasteiger partial charge in [0.05, 0.1) is 19.4 Å². The van der Waals surface area contributed by atoms with Crippen LogP contribution in [0.1, 0.15) is 71.7 Å². The Kier molecular flexibility index (Phi) is 9.69. The monoisotopic (exact) mass is 576 g/mol. The molecule has 0 radical (unpaired) electrons. The number of methoxy groups -OCH3 is 1. The lowest BCUT2D eigenvalue weighted by atomic mass is 10.0. The molecule has 9 heteroatoms. The van der Waals surface area contributed by atoms with Crippen LogP contribution < -0.4 is 10.1 Å². The van der Waals surface area contributed by atoms with Crippen LogP contribution in [-0.2, 0) is 6.42 Å². The number of hydrogen-bond donors (Lipinski definition) is 2. The summed E-state index contributed by atoms with van der Waals surface area (Å²) >= 11 is 1.37. The van der Waals surface area contributed by atoms with Gasteiger partial charge in [0.2, 0.25) is 0 Å². The zero-order valence-corrected chi connectivity index (χ0v) is 24.8. The number of nitrogens with one attached hydrogen (secondary N) is 1. The van der Waals surface area contributed by atoms with Crippen molar-refractivity contribution in [2.75, 3.05) is 38.7 Å². The average molecular weight is 577 g/mol. The third kappa shape index (κ3) is 6.80. The number of carbonyl (C=O) groups is 2. The van der Waals surface area contributed by atoms with E-state index >= 15 is 0 Å². The van der Waals surface area contributed by atoms with Crippen molar-refractivity contribution in [3.05, 3.63) is 64.5 Å². The lowest BCUT2D eigenvalue weighted by molar-refractivity contribution is 0.0537. The van der Waals surface area contributed by atoms with Crippen molar-refractivity contribution in [2.24, 2.45) is 0 Å². The molecule has 2 saturated heterocycles. The number of piperidine rings is 1. The van der Waals surface area contributed by atoms with E-state index < -0.39 is 0 Å². The molecule has 3 aromatic rings. The highest BCUT2D eigenvalue weighted by molar-refractivity contribution is 7.14. The van der Waals surface area contributed by atoms with Crippen LogP contribution in [-0.4, -0.2) is 77.1 Å². The molecule has 3 heterocycles. The van der Waals surface area contributed by atoms with Gasteiger partial charge >= 0.3 is 0 Å². The highest BCUT2D eigenvalue weighted by Gasteiger charge is 2.33. The molecule has 218 valence electrons. The maximum atomic E-state index is 13.1. The van der Waals surface area contributed by atoms with Crippen molar-refractivity contribution in [3.8, 4) is 17.0 Å². The van der Waals surface area contributed by atoms with E-state index in [4.69, 9.17) is 4.74 Å². The Hall–Kier alpha value is -3.27. The number of rotatable bonds is 10. The van der Waals surface area contributed by atoms with Crippen LogP contribution >= 0.6 is 11.3 Å². The minimum atomic E-state index is -0.265. The number of aliphatic hydroxyl groups is 1. The number of carbonyl (C=O) groups excluding carboxylic acids is 2. The third-order valence-electron chi connectivity index (χ3n) is 8.33. The van der Waals surface area contributed by atoms with Gasteiger partial charge in [0.25, 0.3) is 11.8 Å². The van der Waals surface area contributed by atoms with E-state index in [-0.39, 0.29) is 24.5 Å². The number of unbranched alkanes of at least 4 members (excludes halogenated alkanes) is 1. The fourth-order valence-corrected chi connectivity index (χ4v) is 6.70. The summed E-state index contributed by atoms with van der Waals surface area (Å²) in [5, 5.41) is 15.0. The zero-order chi connectivity index (χ0) is 28.8. The van der Waals surface area contributed by atoms with Crippen molar-refractivity contribution >= 4 is 28.3 Å². The highest BCUT2D eigenvalue weighted by atomic mass is 32.1. The molecule has 2 aliphatic rings. The van der Waals surface area contributed by atoms with Gasteiger partial charge in [-0.2, -0.15) is 0 Å². The van der Waals surface area contributed by atoms with Gasteiger partial charge in [-0.05, 0) is 87.0 Å². The van der Waals surface area contributed by atoms with Crippen LogP contribution in [0, 0.1) is 0 Å². The number of amides is 2. The fraction of sp³-hybridized carbons (Fsp3) is 0.469. The molecule has 0 spiro atoms. The minimum absolute atomic E-state index is 0.00443. The highest BCUT2D eigenvalue weighted by Crippen LogP contribution is 2.34. The number of likely N-dealkylation sites (tertiary alicyclic amines) is 2. The van der Waals surface area contributed by atoms with Gasteiger partial charge in [0, 0.05) is 47.2 Å². The molecule has 0 saturated carbocycles. The van der Waals surface area contributed by atoms with E-state index in [9.17, 15) is 14.7 Å². The number of aryl methyl sites for hydroxylation is 1. The molecule has 2 aliphatic heterocycles. The molecule has 2 aromatic carbocycles. The van der Waals surface area contributed by atoms with Crippen molar-refractivity contribution in [1.29, 1.82) is 0 Å². The van der Waals surface area contributed by atoms with Crippen LogP contribution in [0.2, 0.25) is 0 Å². The summed E-state index contributed by atoms with van der Waals surface area (Å²) in [4.78, 5) is 35.1. The second kappa shape index (κ2) is 13.6. The predicted octanol–water partition coefficient (Wildman–Crippen LogP) is 5.47. The largest absolute Gasteiger partial charge is 0.496 e. The first-order chi connectivity index (χ1) is 20.0. The Morgan fingerprint density at radius 2 is 1.83 bits per heavy atom. The standard InChI is InChI=1S/C32H40N4O4S/c1-3-4-6-22-8-13-29(40-2)27(19-22)28-21-41-32(33-28)34-30(38)23-9-11-24(12-10-23)31(39)35-17-14-25(15-18-35)36-16-5-7-26(36)20-37/h8-13,19,21,25-26,37H,3-7,14-18,20H2,1-2H3,(H,33,34,38)/t26-/m1/s1. The molecular formula is C32H40N4O4S. The molecule has 5 rings (SSSR count). The number of ether oxygens (including phenoxy) is 1. The van der Waals surface area contributed by atoms with Crippen LogP contribution in [0.15, 0.2) is 47.8 Å². The molecule has 2 fully saturated rings. The number of anilines is 1. The summed E-state index contributed by atoms with van der Waals surface area (Å²) in [5.41, 5.74) is 3.98. The van der Waals surface area contributed by atoms with E-state index in [0.717, 1.165) is 68.5 Å². The van der Waals surface area contributed by atoms with Gasteiger partial charge in [-0.15, -0.1) is 11.3 Å². The van der Waals surface area contributed by atoms with E-state index in [1.54, 1.807) is 31.4 Å². The molecule has 1 atom stereocenters. The SMILES string of the molecule is CCCCc1ccc(OC)c(-c2csc(NC(=O)c3ccc(C(=O)N4CCC(N5CCC[C@@H]5CO)CC4)cc3)n2)c1. The van der Waals surface area contributed by atoms with Gasteiger partial charge in [0.1, 0.15) is 5.75 Å². The number of benzene rings is 2. The van der Waals surface area contributed by atoms with Gasteiger partial charge in [-0.25, -0.2) is 4.98 Å². The van der Waals surface area contributed by atoms with Gasteiger partial charge in [-0.1, -0.05) is 19.4 Å². The molecule has 2 N–H and O–H groups in total. The first-order valence-corrected chi connectivity index (χ1v) is 15.6. The summed E-state index contributed by atoms with van der Waals surface area (Å²) < 4.78 is 5.57. The molecule has 2 amide bonds. The minimum Gasteiger partial charge on any atom is -0.496 e. The molecule has 8 nitrogen and oxygen atoms in total. The number of aromatic nitrogens is 1. The number of hydrogen-bond acceptors (Lipinski definition) is 7. The summed E-state index contributed by atoms with van der Waals surface area (Å²) in [6.07, 6.45) is 7.30. The lowest BCUT2D eigenvalue weighted by Crippen LogP contribution is -2.49. The average Bonchev–Trinajstić information content (AvgIpc) is 3.69. The number of aliphatic hydroxyl groups excluding tert-OH is 1. The maximum Gasteiger partial charge on any atom is 0.257 e. The summed E-state index contributed by atoms with van der Waals surface area (Å²) in [5.74, 6) is 0.483. The number of nitrogens with zero attached hydrogens (tertiary/aromatic N) is 3. The van der Waals surface area contributed by atoms with Gasteiger partial charge < -0.3 is 14.7 Å². The number of thiazole rings is 1. The maximum absolute atomic E-state index is 13.1. The Morgan fingerprint density at radius 3 is 2.54 bits per heavy atom. The Bertz CT molecular complexity index is 1330. The lowest BCUT2D eigenvalue weighted by Gasteiger charge is -2.39. The van der Waals surface area contributed by atoms with Crippen LogP contribution in [0.25, 0.3) is 11.3 Å². The summed E-state index contributed by atoms with van der Waals surface area (Å²) in [6.45, 7) is 4.84.